The summed E-state index contributed by atoms with van der Waals surface area (Å²) >= 11 is 0. The van der Waals surface area contributed by atoms with E-state index >= 15 is 0 Å². The normalized spacial score (nSPS) is 19.7. The van der Waals surface area contributed by atoms with Crippen molar-refractivity contribution in [3.63, 3.8) is 0 Å². The molecule has 0 aromatic heterocycles. The first-order valence-corrected chi connectivity index (χ1v) is 6.39. The van der Waals surface area contributed by atoms with Crippen molar-refractivity contribution in [3.05, 3.63) is 23.8 Å². The van der Waals surface area contributed by atoms with Gasteiger partial charge in [0, 0.05) is 19.1 Å². The second-order valence-corrected chi connectivity index (χ2v) is 5.23. The summed E-state index contributed by atoms with van der Waals surface area (Å²) in [5, 5.41) is 28.6. The lowest BCUT2D eigenvalue weighted by Crippen LogP contribution is -2.51. The molecule has 1 aromatic carbocycles. The van der Waals surface area contributed by atoms with E-state index < -0.39 is 5.97 Å². The zero-order valence-corrected chi connectivity index (χ0v) is 11.1. The molecule has 0 saturated carbocycles. The van der Waals surface area contributed by atoms with E-state index in [0.29, 0.717) is 18.7 Å². The third-order valence-electron chi connectivity index (χ3n) is 4.06. The molecule has 5 heteroatoms. The molecule has 1 heterocycles. The number of hydrogen-bond donors (Lipinski definition) is 3. The van der Waals surface area contributed by atoms with Crippen LogP contribution in [0.15, 0.2) is 18.2 Å². The Balaban J connectivity index is 2.04. The summed E-state index contributed by atoms with van der Waals surface area (Å²) in [4.78, 5) is 12.9. The lowest BCUT2D eigenvalue weighted by Gasteiger charge is -2.45. The minimum atomic E-state index is -0.775. The summed E-state index contributed by atoms with van der Waals surface area (Å²) in [7, 11) is 0. The van der Waals surface area contributed by atoms with Crippen LogP contribution in [0, 0.1) is 11.8 Å². The van der Waals surface area contributed by atoms with Gasteiger partial charge in [0.15, 0.2) is 0 Å². The fourth-order valence-electron chi connectivity index (χ4n) is 2.53. The minimum absolute atomic E-state index is 0.0715. The summed E-state index contributed by atoms with van der Waals surface area (Å²) in [5.41, 5.74) is 0.504. The molecular weight excluding hydrogens is 246 g/mol. The average Bonchev–Trinajstić information content (AvgIpc) is 2.26. The molecule has 2 atom stereocenters. The Kier molecular flexibility index (Phi) is 3.66. The van der Waals surface area contributed by atoms with E-state index in [0.717, 1.165) is 0 Å². The van der Waals surface area contributed by atoms with Crippen molar-refractivity contribution in [3.8, 4) is 11.5 Å². The SMILES string of the molecule is CC(C(=O)O)C1CN(C(C)c2c(O)cccc2O)C1. The maximum Gasteiger partial charge on any atom is 0.306 e. The third-order valence-corrected chi connectivity index (χ3v) is 4.06. The van der Waals surface area contributed by atoms with E-state index in [4.69, 9.17) is 5.11 Å². The van der Waals surface area contributed by atoms with Gasteiger partial charge in [0.25, 0.3) is 0 Å². The number of aliphatic carboxylic acids is 1. The van der Waals surface area contributed by atoms with E-state index in [1.165, 1.54) is 0 Å². The number of benzene rings is 1. The third kappa shape index (κ3) is 2.51. The molecule has 1 fully saturated rings. The van der Waals surface area contributed by atoms with Gasteiger partial charge in [0.05, 0.1) is 11.5 Å². The predicted molar refractivity (Wildman–Crippen MR) is 70.0 cm³/mol. The second-order valence-electron chi connectivity index (χ2n) is 5.23. The minimum Gasteiger partial charge on any atom is -0.507 e. The largest absolute Gasteiger partial charge is 0.507 e. The molecule has 1 saturated heterocycles. The molecule has 0 bridgehead atoms. The van der Waals surface area contributed by atoms with Crippen LogP contribution in [0.1, 0.15) is 25.5 Å². The first kappa shape index (κ1) is 13.7. The summed E-state index contributed by atoms with van der Waals surface area (Å²) in [6.07, 6.45) is 0. The number of likely N-dealkylation sites (tertiary alicyclic amines) is 1. The van der Waals surface area contributed by atoms with E-state index in [2.05, 4.69) is 4.90 Å². The monoisotopic (exact) mass is 265 g/mol. The van der Waals surface area contributed by atoms with Crippen LogP contribution in [0.25, 0.3) is 0 Å². The van der Waals surface area contributed by atoms with Crippen LogP contribution in [0.3, 0.4) is 0 Å². The number of phenolic OH excluding ortho intramolecular Hbond substituents is 2. The molecular formula is C14H19NO4. The number of nitrogens with zero attached hydrogens (tertiary/aromatic N) is 1. The first-order valence-electron chi connectivity index (χ1n) is 6.39. The van der Waals surface area contributed by atoms with Crippen LogP contribution in [0.2, 0.25) is 0 Å². The summed E-state index contributed by atoms with van der Waals surface area (Å²) in [5.74, 6) is -0.860. The lowest BCUT2D eigenvalue weighted by atomic mass is 9.85. The van der Waals surface area contributed by atoms with Crippen LogP contribution < -0.4 is 0 Å². The van der Waals surface area contributed by atoms with Crippen molar-refractivity contribution in [2.45, 2.75) is 19.9 Å². The van der Waals surface area contributed by atoms with Crippen LogP contribution in [-0.2, 0) is 4.79 Å². The molecule has 2 rings (SSSR count). The number of carboxylic acid groups (broad SMARTS) is 1. The van der Waals surface area contributed by atoms with Crippen molar-refractivity contribution in [2.24, 2.45) is 11.8 Å². The van der Waals surface area contributed by atoms with Crippen molar-refractivity contribution in [1.29, 1.82) is 0 Å². The molecule has 0 aliphatic carbocycles. The Labute approximate surface area is 112 Å². The fourth-order valence-corrected chi connectivity index (χ4v) is 2.53. The van der Waals surface area contributed by atoms with E-state index in [1.807, 2.05) is 6.92 Å². The molecule has 1 aliphatic heterocycles. The molecule has 0 amide bonds. The number of phenols is 2. The Morgan fingerprint density at radius 1 is 1.26 bits per heavy atom. The molecule has 19 heavy (non-hydrogen) atoms. The van der Waals surface area contributed by atoms with E-state index in [1.54, 1.807) is 25.1 Å². The fraction of sp³-hybridized carbons (Fsp3) is 0.500. The molecule has 104 valence electrons. The van der Waals surface area contributed by atoms with Gasteiger partial charge >= 0.3 is 5.97 Å². The zero-order valence-electron chi connectivity index (χ0n) is 11.1. The molecule has 1 aliphatic rings. The Morgan fingerprint density at radius 3 is 2.26 bits per heavy atom. The van der Waals surface area contributed by atoms with E-state index in [-0.39, 0.29) is 29.4 Å². The topological polar surface area (TPSA) is 81.0 Å². The predicted octanol–water partition coefficient (Wildman–Crippen LogP) is 1.81. The molecule has 0 radical (unpaired) electrons. The highest BCUT2D eigenvalue weighted by Gasteiger charge is 2.38. The van der Waals surface area contributed by atoms with Crippen LogP contribution in [-0.4, -0.2) is 39.3 Å². The van der Waals surface area contributed by atoms with Crippen molar-refractivity contribution in [1.82, 2.24) is 4.90 Å². The molecule has 2 unspecified atom stereocenters. The number of carbonyl (C=O) groups is 1. The number of aromatic hydroxyl groups is 2. The van der Waals surface area contributed by atoms with Crippen LogP contribution in [0.4, 0.5) is 0 Å². The highest BCUT2D eigenvalue weighted by atomic mass is 16.4. The van der Waals surface area contributed by atoms with Crippen molar-refractivity contribution in [2.75, 3.05) is 13.1 Å². The highest BCUT2D eigenvalue weighted by molar-refractivity contribution is 5.70. The summed E-state index contributed by atoms with van der Waals surface area (Å²) in [6, 6.07) is 4.55. The van der Waals surface area contributed by atoms with Gasteiger partial charge in [-0.1, -0.05) is 13.0 Å². The Morgan fingerprint density at radius 2 is 1.79 bits per heavy atom. The van der Waals surface area contributed by atoms with Crippen LogP contribution in [0.5, 0.6) is 11.5 Å². The molecule has 5 nitrogen and oxygen atoms in total. The number of rotatable bonds is 4. The molecule has 0 spiro atoms. The number of hydrogen-bond acceptors (Lipinski definition) is 4. The van der Waals surface area contributed by atoms with Gasteiger partial charge in [-0.2, -0.15) is 0 Å². The lowest BCUT2D eigenvalue weighted by molar-refractivity contribution is -0.146. The van der Waals surface area contributed by atoms with E-state index in [9.17, 15) is 15.0 Å². The quantitative estimate of drug-likeness (QED) is 0.773. The van der Waals surface area contributed by atoms with Gasteiger partial charge in [-0.05, 0) is 25.0 Å². The molecule has 3 N–H and O–H groups in total. The summed E-state index contributed by atoms with van der Waals surface area (Å²) in [6.45, 7) is 4.95. The van der Waals surface area contributed by atoms with Crippen molar-refractivity contribution < 1.29 is 20.1 Å². The zero-order chi connectivity index (χ0) is 14.2. The number of carboxylic acids is 1. The second kappa shape index (κ2) is 5.09. The molecule has 1 aromatic rings. The van der Waals surface area contributed by atoms with Gasteiger partial charge in [0.2, 0.25) is 0 Å². The van der Waals surface area contributed by atoms with Gasteiger partial charge in [-0.25, -0.2) is 0 Å². The average molecular weight is 265 g/mol. The standard InChI is InChI=1S/C14H19NO4/c1-8(14(18)19)10-6-15(7-10)9(2)13-11(16)4-3-5-12(13)17/h3-5,8-10,16-17H,6-7H2,1-2H3,(H,18,19). The Hall–Kier alpha value is -1.75. The van der Waals surface area contributed by atoms with Gasteiger partial charge in [-0.3, -0.25) is 9.69 Å². The maximum absolute atomic E-state index is 10.9. The smallest absolute Gasteiger partial charge is 0.306 e. The highest BCUT2D eigenvalue weighted by Crippen LogP contribution is 2.39. The summed E-state index contributed by atoms with van der Waals surface area (Å²) < 4.78 is 0. The first-order chi connectivity index (χ1) is 8.91. The van der Waals surface area contributed by atoms with Crippen molar-refractivity contribution >= 4 is 5.97 Å². The van der Waals surface area contributed by atoms with Gasteiger partial charge in [0.1, 0.15) is 11.5 Å². The maximum atomic E-state index is 10.9. The van der Waals surface area contributed by atoms with Gasteiger partial charge < -0.3 is 15.3 Å². The van der Waals surface area contributed by atoms with Gasteiger partial charge in [-0.15, -0.1) is 0 Å². The van der Waals surface area contributed by atoms with Crippen LogP contribution >= 0.6 is 0 Å². The Bertz CT molecular complexity index is 462.